The molecule has 0 aliphatic carbocycles. The van der Waals surface area contributed by atoms with Gasteiger partial charge < -0.3 is 4.74 Å². The largest absolute Gasteiger partial charge is 0.481 e. The molecule has 1 aromatic carbocycles. The van der Waals surface area contributed by atoms with Crippen LogP contribution in [0.15, 0.2) is 30.5 Å². The van der Waals surface area contributed by atoms with Crippen LogP contribution in [0.3, 0.4) is 0 Å². The molecule has 2 nitrogen and oxygen atoms in total. The Labute approximate surface area is 114 Å². The van der Waals surface area contributed by atoms with E-state index in [4.69, 9.17) is 39.5 Å². The summed E-state index contributed by atoms with van der Waals surface area (Å²) in [7, 11) is 1.55. The van der Waals surface area contributed by atoms with Crippen molar-refractivity contribution in [3.05, 3.63) is 45.5 Å². The second-order valence-corrected chi connectivity index (χ2v) is 4.61. The first-order chi connectivity index (χ1) is 8.11. The Hall–Kier alpha value is -0.960. The normalized spacial score (nSPS) is 10.4. The highest BCUT2D eigenvalue weighted by atomic mass is 35.5. The van der Waals surface area contributed by atoms with Crippen LogP contribution < -0.4 is 4.74 Å². The number of methoxy groups -OCH3 is 1. The van der Waals surface area contributed by atoms with Crippen LogP contribution in [0.25, 0.3) is 11.1 Å². The van der Waals surface area contributed by atoms with E-state index in [9.17, 15) is 0 Å². The zero-order chi connectivity index (χ0) is 12.4. The van der Waals surface area contributed by atoms with Crippen molar-refractivity contribution >= 4 is 34.8 Å². The van der Waals surface area contributed by atoms with Crippen molar-refractivity contribution in [2.45, 2.75) is 0 Å². The Morgan fingerprint density at radius 2 is 1.76 bits per heavy atom. The van der Waals surface area contributed by atoms with E-state index in [1.54, 1.807) is 31.4 Å². The molecule has 2 aromatic rings. The highest BCUT2D eigenvalue weighted by molar-refractivity contribution is 6.36. The molecular formula is C12H8Cl3NO. The summed E-state index contributed by atoms with van der Waals surface area (Å²) in [5.74, 6) is 0.471. The summed E-state index contributed by atoms with van der Waals surface area (Å²) >= 11 is 17.9. The minimum absolute atomic E-state index is 0.471. The van der Waals surface area contributed by atoms with Crippen molar-refractivity contribution in [2.75, 3.05) is 7.11 Å². The van der Waals surface area contributed by atoms with Crippen molar-refractivity contribution in [3.63, 3.8) is 0 Å². The molecule has 0 atom stereocenters. The van der Waals surface area contributed by atoms with E-state index in [0.717, 1.165) is 11.1 Å². The number of hydrogen-bond acceptors (Lipinski definition) is 2. The van der Waals surface area contributed by atoms with E-state index >= 15 is 0 Å². The molecule has 1 aromatic heterocycles. The van der Waals surface area contributed by atoms with Crippen molar-refractivity contribution in [3.8, 4) is 17.0 Å². The van der Waals surface area contributed by atoms with E-state index in [-0.39, 0.29) is 0 Å². The number of aromatic nitrogens is 1. The maximum atomic E-state index is 6.13. The standard InChI is InChI=1S/C12H8Cl3NO/c1-17-12-10(4-8(14)6-16-12)9-3-2-7(13)5-11(9)15/h2-6H,1H3. The first-order valence-electron chi connectivity index (χ1n) is 4.77. The second-order valence-electron chi connectivity index (χ2n) is 3.33. The summed E-state index contributed by atoms with van der Waals surface area (Å²) in [6.45, 7) is 0. The van der Waals surface area contributed by atoms with Gasteiger partial charge in [0.1, 0.15) is 0 Å². The van der Waals surface area contributed by atoms with Crippen LogP contribution in [0, 0.1) is 0 Å². The van der Waals surface area contributed by atoms with Gasteiger partial charge in [0, 0.05) is 22.3 Å². The summed E-state index contributed by atoms with van der Waals surface area (Å²) in [6.07, 6.45) is 1.52. The molecule has 0 bridgehead atoms. The SMILES string of the molecule is COc1ncc(Cl)cc1-c1ccc(Cl)cc1Cl. The molecule has 88 valence electrons. The Bertz CT molecular complexity index is 557. The van der Waals surface area contributed by atoms with Crippen LogP contribution in [0.2, 0.25) is 15.1 Å². The van der Waals surface area contributed by atoms with E-state index in [1.165, 1.54) is 6.20 Å². The molecule has 0 N–H and O–H groups in total. The predicted molar refractivity (Wildman–Crippen MR) is 71.3 cm³/mol. The summed E-state index contributed by atoms with van der Waals surface area (Å²) in [5, 5.41) is 1.62. The lowest BCUT2D eigenvalue weighted by atomic mass is 10.1. The van der Waals surface area contributed by atoms with E-state index in [2.05, 4.69) is 4.98 Å². The van der Waals surface area contributed by atoms with Gasteiger partial charge in [0.25, 0.3) is 0 Å². The minimum atomic E-state index is 0.471. The first kappa shape index (κ1) is 12.5. The Kier molecular flexibility index (Phi) is 3.77. The van der Waals surface area contributed by atoms with Gasteiger partial charge in [-0.15, -0.1) is 0 Å². The van der Waals surface area contributed by atoms with E-state index < -0.39 is 0 Å². The Morgan fingerprint density at radius 1 is 1.00 bits per heavy atom. The van der Waals surface area contributed by atoms with Gasteiger partial charge in [0.15, 0.2) is 0 Å². The monoisotopic (exact) mass is 287 g/mol. The molecule has 2 rings (SSSR count). The molecule has 0 fully saturated rings. The number of nitrogens with zero attached hydrogens (tertiary/aromatic N) is 1. The number of ether oxygens (including phenoxy) is 1. The first-order valence-corrected chi connectivity index (χ1v) is 5.90. The lowest BCUT2D eigenvalue weighted by Crippen LogP contribution is -1.92. The molecule has 0 saturated carbocycles. The third kappa shape index (κ3) is 2.65. The van der Waals surface area contributed by atoms with Gasteiger partial charge in [-0.25, -0.2) is 4.98 Å². The van der Waals surface area contributed by atoms with Crippen LogP contribution in [0.5, 0.6) is 5.88 Å². The van der Waals surface area contributed by atoms with Gasteiger partial charge in [0.2, 0.25) is 5.88 Å². The van der Waals surface area contributed by atoms with Crippen molar-refractivity contribution in [1.29, 1.82) is 0 Å². The summed E-state index contributed by atoms with van der Waals surface area (Å²) in [6, 6.07) is 6.98. The van der Waals surface area contributed by atoms with Crippen LogP contribution in [0.4, 0.5) is 0 Å². The molecular weight excluding hydrogens is 280 g/mol. The quantitative estimate of drug-likeness (QED) is 0.798. The van der Waals surface area contributed by atoms with Crippen LogP contribution in [-0.2, 0) is 0 Å². The lowest BCUT2D eigenvalue weighted by molar-refractivity contribution is 0.399. The van der Waals surface area contributed by atoms with Gasteiger partial charge >= 0.3 is 0 Å². The van der Waals surface area contributed by atoms with Crippen LogP contribution in [0.1, 0.15) is 0 Å². The highest BCUT2D eigenvalue weighted by Gasteiger charge is 2.11. The molecule has 0 aliphatic rings. The van der Waals surface area contributed by atoms with E-state index in [0.29, 0.717) is 20.9 Å². The summed E-state index contributed by atoms with van der Waals surface area (Å²) < 4.78 is 5.18. The average molecular weight is 289 g/mol. The van der Waals surface area contributed by atoms with Crippen molar-refractivity contribution in [1.82, 2.24) is 4.98 Å². The zero-order valence-electron chi connectivity index (χ0n) is 8.88. The zero-order valence-corrected chi connectivity index (χ0v) is 11.1. The smallest absolute Gasteiger partial charge is 0.221 e. The molecule has 1 heterocycles. The lowest BCUT2D eigenvalue weighted by Gasteiger charge is -2.09. The predicted octanol–water partition coefficient (Wildman–Crippen LogP) is 4.72. The Morgan fingerprint density at radius 3 is 2.41 bits per heavy atom. The fraction of sp³-hybridized carbons (Fsp3) is 0.0833. The molecule has 0 saturated heterocycles. The van der Waals surface area contributed by atoms with Gasteiger partial charge in [-0.1, -0.05) is 40.9 Å². The third-order valence-electron chi connectivity index (χ3n) is 2.23. The number of hydrogen-bond donors (Lipinski definition) is 0. The highest BCUT2D eigenvalue weighted by Crippen LogP contribution is 2.36. The fourth-order valence-electron chi connectivity index (χ4n) is 1.49. The topological polar surface area (TPSA) is 22.1 Å². The number of halogens is 3. The summed E-state index contributed by atoms with van der Waals surface area (Å²) in [4.78, 5) is 4.09. The summed E-state index contributed by atoms with van der Waals surface area (Å²) in [5.41, 5.74) is 1.52. The number of rotatable bonds is 2. The third-order valence-corrected chi connectivity index (χ3v) is 2.99. The van der Waals surface area contributed by atoms with Crippen LogP contribution >= 0.6 is 34.8 Å². The molecule has 0 amide bonds. The molecule has 0 aliphatic heterocycles. The molecule has 0 unspecified atom stereocenters. The van der Waals surface area contributed by atoms with Crippen molar-refractivity contribution in [2.24, 2.45) is 0 Å². The van der Waals surface area contributed by atoms with Crippen molar-refractivity contribution < 1.29 is 4.74 Å². The Balaban J connectivity index is 2.62. The number of benzene rings is 1. The maximum Gasteiger partial charge on any atom is 0.221 e. The van der Waals surface area contributed by atoms with Gasteiger partial charge in [-0.3, -0.25) is 0 Å². The molecule has 0 radical (unpaired) electrons. The van der Waals surface area contributed by atoms with Gasteiger partial charge in [0.05, 0.1) is 17.2 Å². The van der Waals surface area contributed by atoms with Gasteiger partial charge in [-0.2, -0.15) is 0 Å². The second kappa shape index (κ2) is 5.13. The number of pyridine rings is 1. The minimum Gasteiger partial charge on any atom is -0.481 e. The van der Waals surface area contributed by atoms with E-state index in [1.807, 2.05) is 0 Å². The molecule has 17 heavy (non-hydrogen) atoms. The molecule has 0 spiro atoms. The average Bonchev–Trinajstić information content (AvgIpc) is 2.29. The molecule has 5 heteroatoms. The van der Waals surface area contributed by atoms with Gasteiger partial charge in [-0.05, 0) is 18.2 Å². The van der Waals surface area contributed by atoms with Crippen LogP contribution in [-0.4, -0.2) is 12.1 Å². The fourth-order valence-corrected chi connectivity index (χ4v) is 2.16. The maximum absolute atomic E-state index is 6.13.